The molecule has 1 aromatic carbocycles. The van der Waals surface area contributed by atoms with E-state index in [2.05, 4.69) is 15.9 Å². The summed E-state index contributed by atoms with van der Waals surface area (Å²) in [6, 6.07) is 5.79. The van der Waals surface area contributed by atoms with Crippen LogP contribution in [0.5, 0.6) is 0 Å². The summed E-state index contributed by atoms with van der Waals surface area (Å²) in [6.45, 7) is 1.58. The first-order valence-corrected chi connectivity index (χ1v) is 5.11. The first-order valence-electron chi connectivity index (χ1n) is 4.32. The van der Waals surface area contributed by atoms with Gasteiger partial charge in [0.25, 0.3) is 0 Å². The maximum atomic E-state index is 11.0. The van der Waals surface area contributed by atoms with Gasteiger partial charge in [-0.05, 0) is 25.1 Å². The van der Waals surface area contributed by atoms with Crippen molar-refractivity contribution in [3.05, 3.63) is 34.5 Å². The lowest BCUT2D eigenvalue weighted by molar-refractivity contribution is -0.116. The number of rotatable bonds is 2. The summed E-state index contributed by atoms with van der Waals surface area (Å²) < 4.78 is 6.31. The first-order chi connectivity index (χ1) is 6.66. The molecule has 0 bridgehead atoms. The Bertz CT molecular complexity index is 485. The lowest BCUT2D eigenvalue weighted by atomic mass is 10.1. The van der Waals surface area contributed by atoms with Gasteiger partial charge in [-0.3, -0.25) is 4.79 Å². The van der Waals surface area contributed by atoms with Gasteiger partial charge in [0, 0.05) is 21.8 Å². The molecule has 1 aromatic heterocycles. The summed E-state index contributed by atoms with van der Waals surface area (Å²) in [6.07, 6.45) is 2.06. The summed E-state index contributed by atoms with van der Waals surface area (Å²) in [5.74, 6) is 0.140. The number of hydrogen-bond acceptors (Lipinski definition) is 2. The number of benzene rings is 1. The van der Waals surface area contributed by atoms with Crippen molar-refractivity contribution in [2.45, 2.75) is 13.3 Å². The van der Waals surface area contributed by atoms with Crippen molar-refractivity contribution in [1.29, 1.82) is 0 Å². The molecule has 0 N–H and O–H groups in total. The molecule has 72 valence electrons. The molecule has 0 atom stereocenters. The van der Waals surface area contributed by atoms with Gasteiger partial charge >= 0.3 is 0 Å². The summed E-state index contributed by atoms with van der Waals surface area (Å²) in [4.78, 5) is 11.0. The average Bonchev–Trinajstić information content (AvgIpc) is 2.50. The monoisotopic (exact) mass is 252 g/mol. The molecule has 2 rings (SSSR count). The largest absolute Gasteiger partial charge is 0.464 e. The maximum absolute atomic E-state index is 11.0. The molecule has 1 heterocycles. The molecule has 0 aliphatic rings. The lowest BCUT2D eigenvalue weighted by Gasteiger charge is -2.00. The van der Waals surface area contributed by atoms with Crippen molar-refractivity contribution in [2.24, 2.45) is 0 Å². The molecule has 0 saturated carbocycles. The predicted octanol–water partition coefficient (Wildman–Crippen LogP) is 3.33. The van der Waals surface area contributed by atoms with Crippen LogP contribution >= 0.6 is 15.9 Å². The van der Waals surface area contributed by atoms with E-state index in [1.807, 2.05) is 18.2 Å². The molecule has 0 amide bonds. The fourth-order valence-corrected chi connectivity index (χ4v) is 2.04. The van der Waals surface area contributed by atoms with Crippen LogP contribution in [-0.4, -0.2) is 5.78 Å². The van der Waals surface area contributed by atoms with Crippen molar-refractivity contribution in [2.75, 3.05) is 0 Å². The highest BCUT2D eigenvalue weighted by Crippen LogP contribution is 2.25. The first kappa shape index (κ1) is 9.46. The van der Waals surface area contributed by atoms with Gasteiger partial charge in [-0.1, -0.05) is 15.9 Å². The van der Waals surface area contributed by atoms with Crippen LogP contribution in [0.15, 0.2) is 33.4 Å². The van der Waals surface area contributed by atoms with Crippen LogP contribution in [0, 0.1) is 0 Å². The van der Waals surface area contributed by atoms with Crippen molar-refractivity contribution >= 4 is 32.7 Å². The van der Waals surface area contributed by atoms with E-state index in [1.165, 1.54) is 0 Å². The van der Waals surface area contributed by atoms with E-state index >= 15 is 0 Å². The Balaban J connectivity index is 2.60. The minimum Gasteiger partial charge on any atom is -0.464 e. The number of fused-ring (bicyclic) bond motifs is 1. The molecule has 0 fully saturated rings. The van der Waals surface area contributed by atoms with Crippen LogP contribution in [0.2, 0.25) is 0 Å². The van der Waals surface area contributed by atoms with E-state index in [1.54, 1.807) is 13.2 Å². The molecule has 0 aliphatic heterocycles. The van der Waals surface area contributed by atoms with E-state index < -0.39 is 0 Å². The zero-order valence-corrected chi connectivity index (χ0v) is 9.30. The van der Waals surface area contributed by atoms with Gasteiger partial charge in [0.15, 0.2) is 0 Å². The molecular formula is C11H9BrO2. The number of furan rings is 1. The fraction of sp³-hybridized carbons (Fsp3) is 0.182. The number of carbonyl (C=O) groups excluding carboxylic acids is 1. The van der Waals surface area contributed by atoms with E-state index in [0.717, 1.165) is 21.0 Å². The van der Waals surface area contributed by atoms with Gasteiger partial charge in [0.05, 0.1) is 6.26 Å². The van der Waals surface area contributed by atoms with Crippen LogP contribution in [0.3, 0.4) is 0 Å². The van der Waals surface area contributed by atoms with Gasteiger partial charge in [0.2, 0.25) is 0 Å². The van der Waals surface area contributed by atoms with E-state index in [0.29, 0.717) is 6.42 Å². The zero-order valence-electron chi connectivity index (χ0n) is 7.71. The second kappa shape index (κ2) is 3.58. The minimum absolute atomic E-state index is 0.140. The predicted molar refractivity (Wildman–Crippen MR) is 58.3 cm³/mol. The molecule has 0 radical (unpaired) electrons. The van der Waals surface area contributed by atoms with Gasteiger partial charge in [-0.25, -0.2) is 0 Å². The lowest BCUT2D eigenvalue weighted by Crippen LogP contribution is -1.96. The average molecular weight is 253 g/mol. The van der Waals surface area contributed by atoms with Crippen LogP contribution in [0.4, 0.5) is 0 Å². The van der Waals surface area contributed by atoms with E-state index in [9.17, 15) is 4.79 Å². The zero-order chi connectivity index (χ0) is 10.1. The third kappa shape index (κ3) is 1.73. The molecule has 14 heavy (non-hydrogen) atoms. The van der Waals surface area contributed by atoms with Crippen molar-refractivity contribution < 1.29 is 9.21 Å². The topological polar surface area (TPSA) is 30.2 Å². The SMILES string of the molecule is CC(=O)Cc1cc(Br)cc2ccoc12. The van der Waals surface area contributed by atoms with Gasteiger partial charge in [-0.2, -0.15) is 0 Å². The molecule has 3 heteroatoms. The molecule has 0 unspecified atom stereocenters. The Morgan fingerprint density at radius 1 is 1.50 bits per heavy atom. The molecule has 2 aromatic rings. The fourth-order valence-electron chi connectivity index (χ4n) is 1.52. The number of Topliss-reactive ketones (excluding diaryl/α,β-unsaturated/α-hetero) is 1. The Morgan fingerprint density at radius 3 is 3.00 bits per heavy atom. The molecule has 0 spiro atoms. The van der Waals surface area contributed by atoms with Crippen molar-refractivity contribution in [3.8, 4) is 0 Å². The highest BCUT2D eigenvalue weighted by atomic mass is 79.9. The van der Waals surface area contributed by atoms with E-state index in [-0.39, 0.29) is 5.78 Å². The molecule has 0 aliphatic carbocycles. The molecule has 0 saturated heterocycles. The summed E-state index contributed by atoms with van der Waals surface area (Å²) >= 11 is 3.40. The summed E-state index contributed by atoms with van der Waals surface area (Å²) in [5.41, 5.74) is 1.75. The molecule has 2 nitrogen and oxygen atoms in total. The summed E-state index contributed by atoms with van der Waals surface area (Å²) in [7, 11) is 0. The Hall–Kier alpha value is -1.09. The Morgan fingerprint density at radius 2 is 2.29 bits per heavy atom. The normalized spacial score (nSPS) is 10.7. The second-order valence-electron chi connectivity index (χ2n) is 3.28. The van der Waals surface area contributed by atoms with Gasteiger partial charge < -0.3 is 4.42 Å². The molecular weight excluding hydrogens is 244 g/mol. The van der Waals surface area contributed by atoms with E-state index in [4.69, 9.17) is 4.42 Å². The van der Waals surface area contributed by atoms with Crippen LogP contribution in [0.1, 0.15) is 12.5 Å². The smallest absolute Gasteiger partial charge is 0.137 e. The maximum Gasteiger partial charge on any atom is 0.137 e. The van der Waals surface area contributed by atoms with Crippen LogP contribution in [0.25, 0.3) is 11.0 Å². The number of hydrogen-bond donors (Lipinski definition) is 0. The van der Waals surface area contributed by atoms with Crippen molar-refractivity contribution in [1.82, 2.24) is 0 Å². The quantitative estimate of drug-likeness (QED) is 0.821. The van der Waals surface area contributed by atoms with Crippen molar-refractivity contribution in [3.63, 3.8) is 0 Å². The second-order valence-corrected chi connectivity index (χ2v) is 4.20. The Kier molecular flexibility index (Phi) is 2.42. The van der Waals surface area contributed by atoms with Crippen LogP contribution in [-0.2, 0) is 11.2 Å². The van der Waals surface area contributed by atoms with Gasteiger partial charge in [0.1, 0.15) is 11.4 Å². The minimum atomic E-state index is 0.140. The summed E-state index contributed by atoms with van der Waals surface area (Å²) in [5, 5.41) is 1.02. The van der Waals surface area contributed by atoms with Gasteiger partial charge in [-0.15, -0.1) is 0 Å². The van der Waals surface area contributed by atoms with Crippen LogP contribution < -0.4 is 0 Å². The highest BCUT2D eigenvalue weighted by molar-refractivity contribution is 9.10. The number of halogens is 1. The standard InChI is InChI=1S/C11H9BrO2/c1-7(13)4-9-6-10(12)5-8-2-3-14-11(8)9/h2-3,5-6H,4H2,1H3. The number of carbonyl (C=O) groups is 1. The highest BCUT2D eigenvalue weighted by Gasteiger charge is 2.07. The third-order valence-corrected chi connectivity index (χ3v) is 2.49. The Labute approximate surface area is 90.0 Å². The number of ketones is 1. The third-order valence-electron chi connectivity index (χ3n) is 2.03.